The molecule has 4 heteroatoms. The van der Waals surface area contributed by atoms with Crippen molar-refractivity contribution in [2.75, 3.05) is 11.9 Å². The Hall–Kier alpha value is -1.81. The maximum absolute atomic E-state index is 5.77. The monoisotopic (exact) mass is 273 g/mol. The first kappa shape index (κ1) is 14.6. The highest BCUT2D eigenvalue weighted by atomic mass is 16.3. The van der Waals surface area contributed by atoms with Crippen LogP contribution in [0.25, 0.3) is 0 Å². The lowest BCUT2D eigenvalue weighted by Crippen LogP contribution is -2.18. The summed E-state index contributed by atoms with van der Waals surface area (Å²) in [5, 5.41) is 0. The molecule has 2 rings (SSSR count). The Morgan fingerprint density at radius 2 is 2.10 bits per heavy atom. The fraction of sp³-hybridized carbons (Fsp3) is 0.438. The molecule has 0 radical (unpaired) electrons. The zero-order valence-corrected chi connectivity index (χ0v) is 12.5. The molecular formula is C16H23N3O. The minimum absolute atomic E-state index is 0.542. The van der Waals surface area contributed by atoms with Crippen molar-refractivity contribution in [2.45, 2.75) is 39.8 Å². The van der Waals surface area contributed by atoms with Crippen LogP contribution < -0.4 is 10.6 Å². The van der Waals surface area contributed by atoms with Crippen LogP contribution in [0.4, 0.5) is 5.82 Å². The zero-order chi connectivity index (χ0) is 14.5. The third-order valence-corrected chi connectivity index (χ3v) is 3.25. The summed E-state index contributed by atoms with van der Waals surface area (Å²) in [6.45, 7) is 5.36. The van der Waals surface area contributed by atoms with Crippen LogP contribution >= 0.6 is 0 Å². The van der Waals surface area contributed by atoms with Gasteiger partial charge >= 0.3 is 0 Å². The van der Waals surface area contributed by atoms with E-state index < -0.39 is 0 Å². The van der Waals surface area contributed by atoms with Crippen LogP contribution in [0, 0.1) is 6.92 Å². The van der Waals surface area contributed by atoms with Crippen molar-refractivity contribution in [3.63, 3.8) is 0 Å². The Bertz CT molecular complexity index is 563. The Labute approximate surface area is 120 Å². The molecule has 4 nitrogen and oxygen atoms in total. The van der Waals surface area contributed by atoms with Gasteiger partial charge in [-0.2, -0.15) is 0 Å². The molecule has 108 valence electrons. The van der Waals surface area contributed by atoms with Crippen molar-refractivity contribution in [1.29, 1.82) is 0 Å². The summed E-state index contributed by atoms with van der Waals surface area (Å²) in [7, 11) is 2.02. The van der Waals surface area contributed by atoms with Gasteiger partial charge in [0.25, 0.3) is 0 Å². The predicted molar refractivity (Wildman–Crippen MR) is 81.7 cm³/mol. The molecule has 0 unspecified atom stereocenters. The van der Waals surface area contributed by atoms with Gasteiger partial charge in [-0.15, -0.1) is 0 Å². The highest BCUT2D eigenvalue weighted by molar-refractivity contribution is 5.42. The molecule has 0 fully saturated rings. The summed E-state index contributed by atoms with van der Waals surface area (Å²) < 4.78 is 5.62. The van der Waals surface area contributed by atoms with E-state index in [0.29, 0.717) is 13.1 Å². The molecule has 0 aliphatic heterocycles. The fourth-order valence-corrected chi connectivity index (χ4v) is 2.22. The number of pyridine rings is 1. The normalized spacial score (nSPS) is 10.8. The van der Waals surface area contributed by atoms with E-state index in [4.69, 9.17) is 15.1 Å². The van der Waals surface area contributed by atoms with Crippen LogP contribution in [-0.4, -0.2) is 12.0 Å². The molecule has 2 aromatic rings. The van der Waals surface area contributed by atoms with Gasteiger partial charge in [-0.25, -0.2) is 4.98 Å². The Kier molecular flexibility index (Phi) is 4.79. The molecule has 0 bridgehead atoms. The first-order valence-electron chi connectivity index (χ1n) is 7.08. The summed E-state index contributed by atoms with van der Waals surface area (Å²) in [5.74, 6) is 2.83. The van der Waals surface area contributed by atoms with Crippen LogP contribution in [-0.2, 0) is 19.5 Å². The third kappa shape index (κ3) is 3.61. The van der Waals surface area contributed by atoms with Crippen LogP contribution in [0.3, 0.4) is 0 Å². The van der Waals surface area contributed by atoms with Gasteiger partial charge in [-0.05, 0) is 43.2 Å². The van der Waals surface area contributed by atoms with Crippen LogP contribution in [0.2, 0.25) is 0 Å². The van der Waals surface area contributed by atoms with E-state index in [-0.39, 0.29) is 0 Å². The molecule has 2 heterocycles. The summed E-state index contributed by atoms with van der Waals surface area (Å²) in [6, 6.07) is 8.13. The quantitative estimate of drug-likeness (QED) is 0.879. The topological polar surface area (TPSA) is 55.3 Å². The lowest BCUT2D eigenvalue weighted by Gasteiger charge is -2.18. The molecule has 0 spiro atoms. The van der Waals surface area contributed by atoms with Gasteiger partial charge in [0.1, 0.15) is 17.3 Å². The van der Waals surface area contributed by atoms with Gasteiger partial charge in [-0.1, -0.05) is 13.3 Å². The van der Waals surface area contributed by atoms with E-state index in [9.17, 15) is 0 Å². The van der Waals surface area contributed by atoms with Crippen molar-refractivity contribution in [1.82, 2.24) is 4.98 Å². The summed E-state index contributed by atoms with van der Waals surface area (Å²) in [5.41, 5.74) is 8.01. The fourth-order valence-electron chi connectivity index (χ4n) is 2.22. The maximum atomic E-state index is 5.77. The average molecular weight is 273 g/mol. The van der Waals surface area contributed by atoms with Crippen molar-refractivity contribution < 1.29 is 4.42 Å². The second-order valence-electron chi connectivity index (χ2n) is 5.15. The van der Waals surface area contributed by atoms with Gasteiger partial charge in [0.05, 0.1) is 6.54 Å². The summed E-state index contributed by atoms with van der Waals surface area (Å²) >= 11 is 0. The van der Waals surface area contributed by atoms with Gasteiger partial charge in [0.15, 0.2) is 0 Å². The molecule has 0 aliphatic rings. The smallest absolute Gasteiger partial charge is 0.129 e. The number of aromatic nitrogens is 1. The van der Waals surface area contributed by atoms with E-state index in [1.54, 1.807) is 0 Å². The second kappa shape index (κ2) is 6.57. The number of hydrogen-bond donors (Lipinski definition) is 1. The van der Waals surface area contributed by atoms with Gasteiger partial charge in [-0.3, -0.25) is 0 Å². The highest BCUT2D eigenvalue weighted by Crippen LogP contribution is 2.18. The first-order chi connectivity index (χ1) is 9.62. The molecule has 0 aromatic carbocycles. The summed E-state index contributed by atoms with van der Waals surface area (Å²) in [4.78, 5) is 6.80. The molecule has 0 saturated heterocycles. The maximum Gasteiger partial charge on any atom is 0.129 e. The van der Waals surface area contributed by atoms with E-state index in [2.05, 4.69) is 24.0 Å². The van der Waals surface area contributed by atoms with Crippen LogP contribution in [0.5, 0.6) is 0 Å². The molecule has 0 saturated carbocycles. The lowest BCUT2D eigenvalue weighted by atomic mass is 10.1. The van der Waals surface area contributed by atoms with Crippen LogP contribution in [0.1, 0.15) is 36.1 Å². The molecule has 20 heavy (non-hydrogen) atoms. The number of rotatable bonds is 6. The number of aryl methyl sites for hydroxylation is 2. The van der Waals surface area contributed by atoms with Crippen molar-refractivity contribution in [2.24, 2.45) is 5.73 Å². The van der Waals surface area contributed by atoms with Gasteiger partial charge in [0, 0.05) is 19.3 Å². The standard InChI is InChI=1S/C16H23N3O/c1-4-5-14-8-13(10-17)9-16(18-14)19(3)11-15-7-6-12(2)20-15/h6-9H,4-5,10-11,17H2,1-3H3. The van der Waals surface area contributed by atoms with E-state index in [1.807, 2.05) is 26.1 Å². The number of nitrogens with zero attached hydrogens (tertiary/aromatic N) is 2. The molecule has 2 N–H and O–H groups in total. The Morgan fingerprint density at radius 1 is 1.30 bits per heavy atom. The summed E-state index contributed by atoms with van der Waals surface area (Å²) in [6.07, 6.45) is 2.07. The van der Waals surface area contributed by atoms with Crippen molar-refractivity contribution in [3.05, 3.63) is 47.0 Å². The van der Waals surface area contributed by atoms with Gasteiger partial charge < -0.3 is 15.1 Å². The van der Waals surface area contributed by atoms with E-state index in [1.165, 1.54) is 0 Å². The van der Waals surface area contributed by atoms with Crippen LogP contribution in [0.15, 0.2) is 28.7 Å². The predicted octanol–water partition coefficient (Wildman–Crippen LogP) is 3.03. The van der Waals surface area contributed by atoms with Crippen molar-refractivity contribution >= 4 is 5.82 Å². The van der Waals surface area contributed by atoms with Crippen molar-refractivity contribution in [3.8, 4) is 0 Å². The molecule has 2 aromatic heterocycles. The Morgan fingerprint density at radius 3 is 2.70 bits per heavy atom. The minimum Gasteiger partial charge on any atom is -0.464 e. The second-order valence-corrected chi connectivity index (χ2v) is 5.15. The molecule has 0 atom stereocenters. The number of nitrogens with two attached hydrogens (primary N) is 1. The highest BCUT2D eigenvalue weighted by Gasteiger charge is 2.09. The first-order valence-corrected chi connectivity index (χ1v) is 7.08. The molecule has 0 amide bonds. The van der Waals surface area contributed by atoms with E-state index in [0.717, 1.165) is 41.4 Å². The zero-order valence-electron chi connectivity index (χ0n) is 12.5. The third-order valence-electron chi connectivity index (χ3n) is 3.25. The van der Waals surface area contributed by atoms with Gasteiger partial charge in [0.2, 0.25) is 0 Å². The minimum atomic E-state index is 0.542. The number of anilines is 1. The molecular weight excluding hydrogens is 250 g/mol. The van der Waals surface area contributed by atoms with E-state index >= 15 is 0 Å². The SMILES string of the molecule is CCCc1cc(CN)cc(N(C)Cc2ccc(C)o2)n1. The number of hydrogen-bond acceptors (Lipinski definition) is 4. The lowest BCUT2D eigenvalue weighted by molar-refractivity contribution is 0.481. The molecule has 0 aliphatic carbocycles. The largest absolute Gasteiger partial charge is 0.464 e. The Balaban J connectivity index is 2.19. The average Bonchev–Trinajstić information content (AvgIpc) is 2.84. The number of furan rings is 1.